The molecule has 0 amide bonds. The van der Waals surface area contributed by atoms with E-state index in [9.17, 15) is 0 Å². The highest BCUT2D eigenvalue weighted by Crippen LogP contribution is 2.26. The van der Waals surface area contributed by atoms with Crippen molar-refractivity contribution in [1.29, 1.82) is 0 Å². The predicted molar refractivity (Wildman–Crippen MR) is 82.2 cm³/mol. The van der Waals surface area contributed by atoms with Crippen molar-refractivity contribution in [3.63, 3.8) is 0 Å². The van der Waals surface area contributed by atoms with E-state index in [1.807, 2.05) is 13.1 Å². The molecule has 2 atom stereocenters. The third-order valence-corrected chi connectivity index (χ3v) is 3.88. The molecule has 0 aromatic heterocycles. The van der Waals surface area contributed by atoms with Crippen LogP contribution in [0.5, 0.6) is 5.75 Å². The van der Waals surface area contributed by atoms with Gasteiger partial charge in [-0.1, -0.05) is 19.1 Å². The predicted octanol–water partition coefficient (Wildman–Crippen LogP) is 3.70. The highest BCUT2D eigenvalue weighted by atomic mass is 16.5. The van der Waals surface area contributed by atoms with E-state index in [-0.39, 0.29) is 0 Å². The van der Waals surface area contributed by atoms with Crippen LogP contribution in [0.15, 0.2) is 24.3 Å². The van der Waals surface area contributed by atoms with Crippen molar-refractivity contribution < 1.29 is 9.47 Å². The van der Waals surface area contributed by atoms with E-state index < -0.39 is 0 Å². The maximum Gasteiger partial charge on any atom is 0.119 e. The molecule has 1 fully saturated rings. The molecular formula is C17H27NO2. The van der Waals surface area contributed by atoms with Gasteiger partial charge in [0.2, 0.25) is 0 Å². The molecule has 112 valence electrons. The SMILES string of the molecule is CCCOc1cccc(C(CCC2CCCO2)NC)c1. The number of benzene rings is 1. The molecule has 3 nitrogen and oxygen atoms in total. The second-order valence-electron chi connectivity index (χ2n) is 5.47. The van der Waals surface area contributed by atoms with Crippen molar-refractivity contribution in [2.75, 3.05) is 20.3 Å². The molecule has 0 saturated carbocycles. The second kappa shape index (κ2) is 8.28. The third-order valence-electron chi connectivity index (χ3n) is 3.88. The molecule has 0 radical (unpaired) electrons. The molecule has 1 aromatic carbocycles. The van der Waals surface area contributed by atoms with Gasteiger partial charge in [0.15, 0.2) is 0 Å². The van der Waals surface area contributed by atoms with Gasteiger partial charge in [0, 0.05) is 12.6 Å². The molecule has 0 aliphatic carbocycles. The van der Waals surface area contributed by atoms with Crippen molar-refractivity contribution >= 4 is 0 Å². The lowest BCUT2D eigenvalue weighted by Gasteiger charge is -2.19. The molecular weight excluding hydrogens is 250 g/mol. The number of hydrogen-bond acceptors (Lipinski definition) is 3. The monoisotopic (exact) mass is 277 g/mol. The van der Waals surface area contributed by atoms with Gasteiger partial charge in [-0.25, -0.2) is 0 Å². The summed E-state index contributed by atoms with van der Waals surface area (Å²) in [5.74, 6) is 0.974. The summed E-state index contributed by atoms with van der Waals surface area (Å²) in [4.78, 5) is 0. The van der Waals surface area contributed by atoms with Crippen LogP contribution in [0.2, 0.25) is 0 Å². The van der Waals surface area contributed by atoms with Crippen LogP contribution >= 0.6 is 0 Å². The van der Waals surface area contributed by atoms with Crippen LogP contribution in [0.3, 0.4) is 0 Å². The Bertz CT molecular complexity index is 388. The quantitative estimate of drug-likeness (QED) is 0.786. The first-order valence-corrected chi connectivity index (χ1v) is 7.85. The number of nitrogens with one attached hydrogen (secondary N) is 1. The van der Waals surface area contributed by atoms with Crippen LogP contribution in [0.25, 0.3) is 0 Å². The summed E-state index contributed by atoms with van der Waals surface area (Å²) in [7, 11) is 2.03. The lowest BCUT2D eigenvalue weighted by Crippen LogP contribution is -2.18. The van der Waals surface area contributed by atoms with Crippen molar-refractivity contribution in [2.24, 2.45) is 0 Å². The average molecular weight is 277 g/mol. The first kappa shape index (κ1) is 15.3. The zero-order valence-corrected chi connectivity index (χ0v) is 12.7. The second-order valence-corrected chi connectivity index (χ2v) is 5.47. The van der Waals surface area contributed by atoms with Gasteiger partial charge in [-0.2, -0.15) is 0 Å². The lowest BCUT2D eigenvalue weighted by molar-refractivity contribution is 0.0998. The van der Waals surface area contributed by atoms with Crippen LogP contribution in [0.4, 0.5) is 0 Å². The van der Waals surface area contributed by atoms with Crippen molar-refractivity contribution in [2.45, 2.75) is 51.2 Å². The number of rotatable bonds is 8. The summed E-state index contributed by atoms with van der Waals surface area (Å²) < 4.78 is 11.4. The Balaban J connectivity index is 1.91. The maximum absolute atomic E-state index is 5.72. The Morgan fingerprint density at radius 3 is 3.05 bits per heavy atom. The first-order chi connectivity index (χ1) is 9.83. The summed E-state index contributed by atoms with van der Waals surface area (Å²) in [5.41, 5.74) is 1.30. The molecule has 1 aliphatic rings. The standard InChI is InChI=1S/C17H27NO2/c1-3-11-19-16-7-4-6-14(13-16)17(18-2)10-9-15-8-5-12-20-15/h4,6-7,13,15,17-18H,3,5,8-12H2,1-2H3. The van der Waals surface area contributed by atoms with Gasteiger partial charge in [-0.15, -0.1) is 0 Å². The van der Waals surface area contributed by atoms with Gasteiger partial charge in [-0.3, -0.25) is 0 Å². The Hall–Kier alpha value is -1.06. The van der Waals surface area contributed by atoms with Gasteiger partial charge >= 0.3 is 0 Å². The Morgan fingerprint density at radius 2 is 2.35 bits per heavy atom. The topological polar surface area (TPSA) is 30.5 Å². The van der Waals surface area contributed by atoms with Crippen LogP contribution in [-0.2, 0) is 4.74 Å². The molecule has 1 N–H and O–H groups in total. The number of ether oxygens (including phenoxy) is 2. The van der Waals surface area contributed by atoms with Crippen molar-refractivity contribution in [3.05, 3.63) is 29.8 Å². The smallest absolute Gasteiger partial charge is 0.119 e. The molecule has 2 unspecified atom stereocenters. The van der Waals surface area contributed by atoms with E-state index in [0.717, 1.165) is 38.2 Å². The van der Waals surface area contributed by atoms with Gasteiger partial charge in [-0.05, 0) is 56.8 Å². The summed E-state index contributed by atoms with van der Waals surface area (Å²) in [6.45, 7) is 3.85. The molecule has 1 heterocycles. The molecule has 0 bridgehead atoms. The van der Waals surface area contributed by atoms with E-state index in [0.29, 0.717) is 12.1 Å². The third kappa shape index (κ3) is 4.50. The zero-order chi connectivity index (χ0) is 14.2. The van der Waals surface area contributed by atoms with E-state index in [1.54, 1.807) is 0 Å². The van der Waals surface area contributed by atoms with Crippen LogP contribution < -0.4 is 10.1 Å². The molecule has 20 heavy (non-hydrogen) atoms. The Labute approximate surface area is 122 Å². The summed E-state index contributed by atoms with van der Waals surface area (Å²) >= 11 is 0. The zero-order valence-electron chi connectivity index (χ0n) is 12.7. The van der Waals surface area contributed by atoms with E-state index in [2.05, 4.69) is 30.4 Å². The normalized spacial score (nSPS) is 20.0. The van der Waals surface area contributed by atoms with Gasteiger partial charge in [0.05, 0.1) is 12.7 Å². The molecule has 2 rings (SSSR count). The van der Waals surface area contributed by atoms with E-state index in [4.69, 9.17) is 9.47 Å². The van der Waals surface area contributed by atoms with Gasteiger partial charge in [0.25, 0.3) is 0 Å². The largest absolute Gasteiger partial charge is 0.494 e. The fourth-order valence-corrected chi connectivity index (χ4v) is 2.74. The minimum absolute atomic E-state index is 0.379. The summed E-state index contributed by atoms with van der Waals surface area (Å²) in [6, 6.07) is 8.83. The van der Waals surface area contributed by atoms with Crippen molar-refractivity contribution in [1.82, 2.24) is 5.32 Å². The molecule has 1 aliphatic heterocycles. The van der Waals surface area contributed by atoms with E-state index in [1.165, 1.54) is 18.4 Å². The minimum Gasteiger partial charge on any atom is -0.494 e. The maximum atomic E-state index is 5.72. The average Bonchev–Trinajstić information content (AvgIpc) is 2.99. The highest BCUT2D eigenvalue weighted by molar-refractivity contribution is 5.30. The Morgan fingerprint density at radius 1 is 1.45 bits per heavy atom. The highest BCUT2D eigenvalue weighted by Gasteiger charge is 2.18. The summed E-state index contributed by atoms with van der Waals surface area (Å²) in [5, 5.41) is 3.41. The fourth-order valence-electron chi connectivity index (χ4n) is 2.74. The molecule has 1 saturated heterocycles. The lowest BCUT2D eigenvalue weighted by atomic mass is 9.99. The van der Waals surface area contributed by atoms with Crippen LogP contribution in [0.1, 0.15) is 50.6 Å². The molecule has 1 aromatic rings. The Kier molecular flexibility index (Phi) is 6.34. The minimum atomic E-state index is 0.379. The van der Waals surface area contributed by atoms with Gasteiger partial charge in [0.1, 0.15) is 5.75 Å². The summed E-state index contributed by atoms with van der Waals surface area (Å²) in [6.07, 6.45) is 6.18. The number of hydrogen-bond donors (Lipinski definition) is 1. The van der Waals surface area contributed by atoms with Gasteiger partial charge < -0.3 is 14.8 Å². The first-order valence-electron chi connectivity index (χ1n) is 7.85. The fraction of sp³-hybridized carbons (Fsp3) is 0.647. The molecule has 0 spiro atoms. The van der Waals surface area contributed by atoms with E-state index >= 15 is 0 Å². The van der Waals surface area contributed by atoms with Crippen molar-refractivity contribution in [3.8, 4) is 5.75 Å². The molecule has 3 heteroatoms. The van der Waals surface area contributed by atoms with Crippen LogP contribution in [0, 0.1) is 0 Å². The van der Waals surface area contributed by atoms with Crippen LogP contribution in [-0.4, -0.2) is 26.4 Å².